The number of hydrogen-bond acceptors (Lipinski definition) is 5. The second-order valence-electron chi connectivity index (χ2n) is 11.2. The van der Waals surface area contributed by atoms with Gasteiger partial charge in [-0.25, -0.2) is 4.99 Å². The average molecular weight is 555 g/mol. The highest BCUT2D eigenvalue weighted by molar-refractivity contribution is 6.18. The van der Waals surface area contributed by atoms with Crippen LogP contribution >= 0.6 is 0 Å². The maximum Gasteiger partial charge on any atom is 0.138 e. The predicted octanol–water partition coefficient (Wildman–Crippen LogP) is 8.78. The van der Waals surface area contributed by atoms with Gasteiger partial charge in [0.25, 0.3) is 0 Å². The summed E-state index contributed by atoms with van der Waals surface area (Å²) < 4.78 is 6.21. The number of rotatable bonds is 3. The van der Waals surface area contributed by atoms with E-state index in [-0.39, 0.29) is 12.3 Å². The lowest BCUT2D eigenvalue weighted by Gasteiger charge is -2.32. The smallest absolute Gasteiger partial charge is 0.138 e. The zero-order valence-corrected chi connectivity index (χ0v) is 23.2. The van der Waals surface area contributed by atoms with Gasteiger partial charge in [-0.15, -0.1) is 0 Å². The van der Waals surface area contributed by atoms with Crippen molar-refractivity contribution in [1.29, 1.82) is 0 Å². The van der Waals surface area contributed by atoms with Gasteiger partial charge in [0.15, 0.2) is 0 Å². The van der Waals surface area contributed by atoms with E-state index in [0.29, 0.717) is 0 Å². The summed E-state index contributed by atoms with van der Waals surface area (Å²) in [5.74, 6) is 0.817. The molecule has 204 valence electrons. The Morgan fingerprint density at radius 3 is 2.28 bits per heavy atom. The molecule has 8 aromatic rings. The molecule has 3 heterocycles. The molecular formula is C38H26N4O. The van der Waals surface area contributed by atoms with Gasteiger partial charge in [-0.1, -0.05) is 97.1 Å². The van der Waals surface area contributed by atoms with E-state index in [0.717, 1.165) is 44.5 Å². The molecule has 0 fully saturated rings. The van der Waals surface area contributed by atoms with Crippen LogP contribution in [-0.2, 0) is 0 Å². The third-order valence-electron chi connectivity index (χ3n) is 8.61. The number of nitrogens with zero attached hydrogens (tertiary/aromatic N) is 2. The van der Waals surface area contributed by atoms with Crippen molar-refractivity contribution in [3.8, 4) is 0 Å². The maximum absolute atomic E-state index is 6.21. The van der Waals surface area contributed by atoms with Crippen molar-refractivity contribution >= 4 is 60.1 Å². The topological polar surface area (TPSA) is 62.5 Å². The number of nitrogens with one attached hydrogen (secondary N) is 2. The zero-order valence-electron chi connectivity index (χ0n) is 23.2. The summed E-state index contributed by atoms with van der Waals surface area (Å²) >= 11 is 0. The van der Waals surface area contributed by atoms with E-state index in [4.69, 9.17) is 9.41 Å². The summed E-state index contributed by atoms with van der Waals surface area (Å²) in [5.41, 5.74) is 4.89. The van der Waals surface area contributed by atoms with Gasteiger partial charge in [0, 0.05) is 28.7 Å². The number of pyridine rings is 1. The molecule has 2 unspecified atom stereocenters. The molecule has 6 aromatic carbocycles. The van der Waals surface area contributed by atoms with Crippen molar-refractivity contribution in [2.45, 2.75) is 12.3 Å². The van der Waals surface area contributed by atoms with Gasteiger partial charge >= 0.3 is 0 Å². The third-order valence-corrected chi connectivity index (χ3v) is 8.61. The van der Waals surface area contributed by atoms with Crippen LogP contribution in [0, 0.1) is 0 Å². The molecule has 0 saturated carbocycles. The Hall–Kier alpha value is -5.52. The average Bonchev–Trinajstić information content (AvgIpc) is 3.46. The van der Waals surface area contributed by atoms with E-state index >= 15 is 0 Å². The van der Waals surface area contributed by atoms with Crippen molar-refractivity contribution in [3.05, 3.63) is 150 Å². The van der Waals surface area contributed by atoms with Gasteiger partial charge in [-0.3, -0.25) is 10.3 Å². The highest BCUT2D eigenvalue weighted by atomic mass is 16.3. The largest absolute Gasteiger partial charge is 0.456 e. The molecular weight excluding hydrogens is 528 g/mol. The normalized spacial score (nSPS) is 17.1. The Morgan fingerprint density at radius 2 is 1.35 bits per heavy atom. The summed E-state index contributed by atoms with van der Waals surface area (Å²) in [5, 5.41) is 16.9. The molecule has 2 aromatic heterocycles. The molecule has 2 N–H and O–H groups in total. The van der Waals surface area contributed by atoms with Crippen molar-refractivity contribution in [1.82, 2.24) is 15.6 Å². The molecule has 0 amide bonds. The standard InChI is InChI=1S/C38H26N4O/c1-2-8-26-20-27(16-12-23(26)6-1)36-40-37(28-17-15-25-14-13-24-7-3-4-9-29(24)31(25)21-28)42-38(41-36)30-10-5-11-34-35(30)32-22-39-19-18-33(32)43-34/h1-22,36-37,40H,(H,41,42). The first kappa shape index (κ1) is 24.1. The van der Waals surface area contributed by atoms with Gasteiger partial charge in [-0.2, -0.15) is 0 Å². The summed E-state index contributed by atoms with van der Waals surface area (Å²) in [6, 6.07) is 42.8. The van der Waals surface area contributed by atoms with Gasteiger partial charge in [0.1, 0.15) is 29.3 Å². The number of benzene rings is 6. The van der Waals surface area contributed by atoms with Gasteiger partial charge in [-0.05, 0) is 67.7 Å². The van der Waals surface area contributed by atoms with Crippen LogP contribution in [0.25, 0.3) is 54.3 Å². The van der Waals surface area contributed by atoms with Crippen LogP contribution in [0.2, 0.25) is 0 Å². The Balaban J connectivity index is 1.23. The summed E-state index contributed by atoms with van der Waals surface area (Å²) in [6.45, 7) is 0. The number of furan rings is 1. The Bertz CT molecular complexity index is 2390. The van der Waals surface area contributed by atoms with Crippen molar-refractivity contribution in [3.63, 3.8) is 0 Å². The predicted molar refractivity (Wildman–Crippen MR) is 175 cm³/mol. The minimum atomic E-state index is -0.263. The first-order chi connectivity index (χ1) is 21.3. The summed E-state index contributed by atoms with van der Waals surface area (Å²) in [4.78, 5) is 9.68. The fourth-order valence-corrected chi connectivity index (χ4v) is 6.48. The number of amidine groups is 1. The molecule has 1 aliphatic rings. The van der Waals surface area contributed by atoms with E-state index in [9.17, 15) is 0 Å². The first-order valence-electron chi connectivity index (χ1n) is 14.5. The van der Waals surface area contributed by atoms with Crippen molar-refractivity contribution < 1.29 is 4.42 Å². The second kappa shape index (κ2) is 9.51. The van der Waals surface area contributed by atoms with Gasteiger partial charge in [0.05, 0.1) is 0 Å². The molecule has 0 spiro atoms. The van der Waals surface area contributed by atoms with Crippen LogP contribution in [0.1, 0.15) is 29.0 Å². The summed E-state index contributed by atoms with van der Waals surface area (Å²) in [7, 11) is 0. The number of aromatic nitrogens is 1. The zero-order chi connectivity index (χ0) is 28.3. The van der Waals surface area contributed by atoms with Gasteiger partial charge in [0.2, 0.25) is 0 Å². The highest BCUT2D eigenvalue weighted by Crippen LogP contribution is 2.35. The SMILES string of the molecule is c1ccc2cc(C3N=C(c4cccc5oc6ccncc6c45)NC(c4ccc5ccc6ccccc6c5c4)N3)ccc2c1. The molecule has 1 aliphatic heterocycles. The van der Waals surface area contributed by atoms with Crippen LogP contribution < -0.4 is 10.6 Å². The van der Waals surface area contributed by atoms with E-state index in [1.165, 1.54) is 32.3 Å². The van der Waals surface area contributed by atoms with Crippen molar-refractivity contribution in [2.75, 3.05) is 0 Å². The molecule has 0 saturated heterocycles. The monoisotopic (exact) mass is 554 g/mol. The molecule has 5 nitrogen and oxygen atoms in total. The third kappa shape index (κ3) is 3.97. The molecule has 9 rings (SSSR count). The van der Waals surface area contributed by atoms with Crippen LogP contribution in [0.4, 0.5) is 0 Å². The summed E-state index contributed by atoms with van der Waals surface area (Å²) in [6.07, 6.45) is 3.19. The number of fused-ring (bicyclic) bond motifs is 7. The van der Waals surface area contributed by atoms with E-state index in [1.807, 2.05) is 24.4 Å². The lowest BCUT2D eigenvalue weighted by molar-refractivity contribution is 0.409. The van der Waals surface area contributed by atoms with E-state index in [1.54, 1.807) is 6.20 Å². The van der Waals surface area contributed by atoms with Crippen molar-refractivity contribution in [2.24, 2.45) is 4.99 Å². The van der Waals surface area contributed by atoms with E-state index in [2.05, 4.69) is 119 Å². The first-order valence-corrected chi connectivity index (χ1v) is 14.5. The Morgan fingerprint density at radius 1 is 0.581 bits per heavy atom. The molecule has 0 radical (unpaired) electrons. The highest BCUT2D eigenvalue weighted by Gasteiger charge is 2.27. The Kier molecular flexibility index (Phi) is 5.33. The van der Waals surface area contributed by atoms with Gasteiger partial charge < -0.3 is 9.73 Å². The number of hydrogen-bond donors (Lipinski definition) is 2. The molecule has 0 aliphatic carbocycles. The molecule has 43 heavy (non-hydrogen) atoms. The quantitative estimate of drug-likeness (QED) is 0.214. The van der Waals surface area contributed by atoms with Crippen LogP contribution in [0.3, 0.4) is 0 Å². The second-order valence-corrected chi connectivity index (χ2v) is 11.2. The lowest BCUT2D eigenvalue weighted by atomic mass is 9.98. The van der Waals surface area contributed by atoms with E-state index < -0.39 is 0 Å². The van der Waals surface area contributed by atoms with Crippen LogP contribution in [-0.4, -0.2) is 10.8 Å². The lowest BCUT2D eigenvalue weighted by Crippen LogP contribution is -2.45. The number of aliphatic imine (C=N–C) groups is 1. The van der Waals surface area contributed by atoms with Crippen LogP contribution in [0.5, 0.6) is 0 Å². The fraction of sp³-hybridized carbons (Fsp3) is 0.0526. The maximum atomic E-state index is 6.21. The molecule has 2 atom stereocenters. The minimum Gasteiger partial charge on any atom is -0.456 e. The minimum absolute atomic E-state index is 0.182. The Labute approximate surface area is 247 Å². The van der Waals surface area contributed by atoms with Crippen LogP contribution in [0.15, 0.2) is 143 Å². The molecule has 0 bridgehead atoms. The fourth-order valence-electron chi connectivity index (χ4n) is 6.48. The molecule has 5 heteroatoms.